The van der Waals surface area contributed by atoms with Crippen molar-refractivity contribution < 1.29 is 5.11 Å². The van der Waals surface area contributed by atoms with Crippen molar-refractivity contribution in [3.8, 4) is 0 Å². The van der Waals surface area contributed by atoms with Crippen molar-refractivity contribution in [3.63, 3.8) is 0 Å². The maximum atomic E-state index is 9.39. The summed E-state index contributed by atoms with van der Waals surface area (Å²) in [5, 5.41) is 9.39. The Balaban J connectivity index is 2.25. The summed E-state index contributed by atoms with van der Waals surface area (Å²) >= 11 is 0. The highest BCUT2D eigenvalue weighted by Crippen LogP contribution is 2.18. The molecule has 2 rings (SSSR count). The molecule has 4 nitrogen and oxygen atoms in total. The van der Waals surface area contributed by atoms with E-state index in [1.54, 1.807) is 6.20 Å². The molecule has 0 saturated carbocycles. The van der Waals surface area contributed by atoms with Crippen molar-refractivity contribution in [2.24, 2.45) is 0 Å². The molecule has 2 aromatic heterocycles. The van der Waals surface area contributed by atoms with Crippen LogP contribution in [0.25, 0.3) is 0 Å². The predicted molar refractivity (Wildman–Crippen MR) is 75.9 cm³/mol. The molecule has 0 atom stereocenters. The molecule has 4 heteroatoms. The van der Waals surface area contributed by atoms with Gasteiger partial charge in [0.2, 0.25) is 0 Å². The van der Waals surface area contributed by atoms with Gasteiger partial charge in [0, 0.05) is 24.0 Å². The van der Waals surface area contributed by atoms with Crippen LogP contribution in [-0.2, 0) is 13.2 Å². The molecular formula is C15H19N3O. The third-order valence-corrected chi connectivity index (χ3v) is 3.02. The van der Waals surface area contributed by atoms with Gasteiger partial charge in [0.15, 0.2) is 0 Å². The molecule has 0 aliphatic rings. The van der Waals surface area contributed by atoms with E-state index in [4.69, 9.17) is 0 Å². The Kier molecular flexibility index (Phi) is 4.47. The Morgan fingerprint density at radius 3 is 2.74 bits per heavy atom. The number of hydrogen-bond donors (Lipinski definition) is 1. The first-order chi connectivity index (χ1) is 9.24. The molecule has 100 valence electrons. The Bertz CT molecular complexity index is 542. The molecule has 0 aliphatic heterocycles. The molecule has 0 fully saturated rings. The average Bonchev–Trinajstić information content (AvgIpc) is 2.45. The largest absolute Gasteiger partial charge is 0.392 e. The second-order valence-electron chi connectivity index (χ2n) is 4.43. The van der Waals surface area contributed by atoms with Crippen LogP contribution in [0.2, 0.25) is 0 Å². The normalized spacial score (nSPS) is 10.5. The summed E-state index contributed by atoms with van der Waals surface area (Å²) in [4.78, 5) is 11.0. The van der Waals surface area contributed by atoms with Crippen LogP contribution in [0.1, 0.15) is 23.9 Å². The van der Waals surface area contributed by atoms with Gasteiger partial charge in [-0.05, 0) is 32.0 Å². The monoisotopic (exact) mass is 257 g/mol. The zero-order valence-electron chi connectivity index (χ0n) is 11.4. The smallest absolute Gasteiger partial charge is 0.134 e. The number of pyridine rings is 2. The van der Waals surface area contributed by atoms with Crippen molar-refractivity contribution in [2.75, 3.05) is 11.4 Å². The summed E-state index contributed by atoms with van der Waals surface area (Å²) < 4.78 is 0. The Morgan fingerprint density at radius 2 is 2.05 bits per heavy atom. The first-order valence-electron chi connectivity index (χ1n) is 6.46. The summed E-state index contributed by atoms with van der Waals surface area (Å²) in [6.45, 7) is 5.58. The van der Waals surface area contributed by atoms with Crippen LogP contribution in [-0.4, -0.2) is 21.6 Å². The number of aliphatic hydroxyl groups excluding tert-OH is 1. The van der Waals surface area contributed by atoms with E-state index in [-0.39, 0.29) is 6.61 Å². The number of aliphatic hydroxyl groups is 1. The van der Waals surface area contributed by atoms with Crippen LogP contribution in [0.4, 0.5) is 5.82 Å². The maximum Gasteiger partial charge on any atom is 0.134 e. The second kappa shape index (κ2) is 6.29. The lowest BCUT2D eigenvalue weighted by molar-refractivity contribution is 0.281. The molecular weight excluding hydrogens is 238 g/mol. The van der Waals surface area contributed by atoms with Crippen LogP contribution < -0.4 is 4.90 Å². The summed E-state index contributed by atoms with van der Waals surface area (Å²) in [5.74, 6) is 0.829. The first kappa shape index (κ1) is 13.5. The minimum Gasteiger partial charge on any atom is -0.392 e. The summed E-state index contributed by atoms with van der Waals surface area (Å²) in [6, 6.07) is 9.75. The van der Waals surface area contributed by atoms with Crippen LogP contribution in [0.5, 0.6) is 0 Å². The molecule has 0 saturated heterocycles. The van der Waals surface area contributed by atoms with E-state index < -0.39 is 0 Å². The van der Waals surface area contributed by atoms with Crippen LogP contribution >= 0.6 is 0 Å². The topological polar surface area (TPSA) is 49.2 Å². The van der Waals surface area contributed by atoms with Crippen molar-refractivity contribution in [2.45, 2.75) is 27.0 Å². The highest BCUT2D eigenvalue weighted by atomic mass is 16.3. The van der Waals surface area contributed by atoms with E-state index in [9.17, 15) is 5.11 Å². The number of aromatic nitrogens is 2. The van der Waals surface area contributed by atoms with Crippen molar-refractivity contribution >= 4 is 5.82 Å². The fourth-order valence-corrected chi connectivity index (χ4v) is 2.06. The minimum atomic E-state index is 0.000912. The third-order valence-electron chi connectivity index (χ3n) is 3.02. The van der Waals surface area contributed by atoms with Gasteiger partial charge < -0.3 is 10.0 Å². The first-order valence-corrected chi connectivity index (χ1v) is 6.46. The number of rotatable bonds is 5. The standard InChI is InChI=1S/C15H19N3O/c1-3-18(10-14-8-4-6-12(2)17-14)15-13(11-19)7-5-9-16-15/h4-9,19H,3,10-11H2,1-2H3. The molecule has 2 aromatic rings. The quantitative estimate of drug-likeness (QED) is 0.893. The molecule has 0 amide bonds. The van der Waals surface area contributed by atoms with Crippen molar-refractivity contribution in [3.05, 3.63) is 53.5 Å². The molecule has 0 bridgehead atoms. The van der Waals surface area contributed by atoms with E-state index in [2.05, 4.69) is 21.8 Å². The number of nitrogens with zero attached hydrogens (tertiary/aromatic N) is 3. The summed E-state index contributed by atoms with van der Waals surface area (Å²) in [5.41, 5.74) is 2.87. The molecule has 0 radical (unpaired) electrons. The average molecular weight is 257 g/mol. The molecule has 0 spiro atoms. The third kappa shape index (κ3) is 3.29. The molecule has 19 heavy (non-hydrogen) atoms. The van der Waals surface area contributed by atoms with Gasteiger partial charge >= 0.3 is 0 Å². The summed E-state index contributed by atoms with van der Waals surface area (Å²) in [7, 11) is 0. The number of aryl methyl sites for hydroxylation is 1. The Morgan fingerprint density at radius 1 is 1.21 bits per heavy atom. The van der Waals surface area contributed by atoms with Crippen LogP contribution in [0, 0.1) is 6.92 Å². The van der Waals surface area contributed by atoms with Crippen molar-refractivity contribution in [1.29, 1.82) is 0 Å². The SMILES string of the molecule is CCN(Cc1cccc(C)n1)c1ncccc1CO. The van der Waals surface area contributed by atoms with E-state index >= 15 is 0 Å². The van der Waals surface area contributed by atoms with Gasteiger partial charge in [-0.3, -0.25) is 4.98 Å². The lowest BCUT2D eigenvalue weighted by Gasteiger charge is -2.23. The van der Waals surface area contributed by atoms with E-state index in [0.717, 1.165) is 29.3 Å². The fraction of sp³-hybridized carbons (Fsp3) is 0.333. The van der Waals surface area contributed by atoms with E-state index in [1.165, 1.54) is 0 Å². The van der Waals surface area contributed by atoms with Gasteiger partial charge in [-0.15, -0.1) is 0 Å². The van der Waals surface area contributed by atoms with Gasteiger partial charge in [-0.2, -0.15) is 0 Å². The Hall–Kier alpha value is -1.94. The molecule has 0 unspecified atom stereocenters. The maximum absolute atomic E-state index is 9.39. The lowest BCUT2D eigenvalue weighted by atomic mass is 10.2. The Labute approximate surface area is 113 Å². The highest BCUT2D eigenvalue weighted by molar-refractivity contribution is 5.46. The van der Waals surface area contributed by atoms with Gasteiger partial charge in [0.1, 0.15) is 5.82 Å². The van der Waals surface area contributed by atoms with E-state index in [1.807, 2.05) is 37.3 Å². The van der Waals surface area contributed by atoms with Gasteiger partial charge in [0.25, 0.3) is 0 Å². The lowest BCUT2D eigenvalue weighted by Crippen LogP contribution is -2.25. The molecule has 0 aromatic carbocycles. The zero-order chi connectivity index (χ0) is 13.7. The molecule has 0 aliphatic carbocycles. The van der Waals surface area contributed by atoms with Crippen LogP contribution in [0.3, 0.4) is 0 Å². The summed E-state index contributed by atoms with van der Waals surface area (Å²) in [6.07, 6.45) is 1.75. The second-order valence-corrected chi connectivity index (χ2v) is 4.43. The van der Waals surface area contributed by atoms with Gasteiger partial charge in [-0.25, -0.2) is 4.98 Å². The molecule has 2 heterocycles. The van der Waals surface area contributed by atoms with Crippen molar-refractivity contribution in [1.82, 2.24) is 9.97 Å². The van der Waals surface area contributed by atoms with E-state index in [0.29, 0.717) is 6.54 Å². The minimum absolute atomic E-state index is 0.000912. The molecule has 1 N–H and O–H groups in total. The fourth-order valence-electron chi connectivity index (χ4n) is 2.06. The van der Waals surface area contributed by atoms with Gasteiger partial charge in [-0.1, -0.05) is 12.1 Å². The number of anilines is 1. The number of hydrogen-bond acceptors (Lipinski definition) is 4. The highest BCUT2D eigenvalue weighted by Gasteiger charge is 2.11. The van der Waals surface area contributed by atoms with Gasteiger partial charge in [0.05, 0.1) is 18.8 Å². The van der Waals surface area contributed by atoms with Crippen LogP contribution in [0.15, 0.2) is 36.5 Å². The zero-order valence-corrected chi connectivity index (χ0v) is 11.4. The predicted octanol–water partition coefficient (Wildman–Crippen LogP) is 2.30.